The summed E-state index contributed by atoms with van der Waals surface area (Å²) in [6.45, 7) is 0.526. The van der Waals surface area contributed by atoms with Gasteiger partial charge in [0.2, 0.25) is 5.91 Å². The lowest BCUT2D eigenvalue weighted by Gasteiger charge is -2.16. The number of methoxy groups -OCH3 is 3. The van der Waals surface area contributed by atoms with Gasteiger partial charge in [-0.2, -0.15) is 5.10 Å². The van der Waals surface area contributed by atoms with Gasteiger partial charge in [0.1, 0.15) is 5.75 Å². The van der Waals surface area contributed by atoms with Crippen LogP contribution in [-0.2, 0) is 11.2 Å². The molecule has 1 aliphatic rings. The zero-order valence-corrected chi connectivity index (χ0v) is 17.4. The van der Waals surface area contributed by atoms with Gasteiger partial charge in [-0.3, -0.25) is 9.69 Å². The number of carbonyl (C=O) groups excluding carboxylic acids is 1. The minimum atomic E-state index is 0.0360. The lowest BCUT2D eigenvalue weighted by molar-refractivity contribution is -0.124. The highest BCUT2D eigenvalue weighted by Crippen LogP contribution is 2.28. The Bertz CT molecular complexity index is 913. The van der Waals surface area contributed by atoms with E-state index in [4.69, 9.17) is 14.2 Å². The van der Waals surface area contributed by atoms with E-state index in [0.717, 1.165) is 16.9 Å². The third kappa shape index (κ3) is 5.29. The predicted molar refractivity (Wildman–Crippen MR) is 115 cm³/mol. The maximum atomic E-state index is 12.2. The van der Waals surface area contributed by atoms with Gasteiger partial charge in [-0.15, -0.1) is 5.10 Å². The van der Waals surface area contributed by atoms with E-state index in [0.29, 0.717) is 35.4 Å². The lowest BCUT2D eigenvalue weighted by atomic mass is 10.1. The van der Waals surface area contributed by atoms with Gasteiger partial charge in [0.15, 0.2) is 16.7 Å². The van der Waals surface area contributed by atoms with Crippen LogP contribution in [0.4, 0.5) is 0 Å². The second-order valence-electron chi connectivity index (χ2n) is 6.17. The summed E-state index contributed by atoms with van der Waals surface area (Å²) >= 11 is 1.40. The molecular formula is C21H23N3O4S. The Morgan fingerprint density at radius 2 is 1.79 bits per heavy atom. The Morgan fingerprint density at radius 1 is 1.03 bits per heavy atom. The molecule has 152 valence electrons. The van der Waals surface area contributed by atoms with E-state index in [1.807, 2.05) is 42.5 Å². The van der Waals surface area contributed by atoms with Crippen LogP contribution in [0.5, 0.6) is 17.2 Å². The lowest BCUT2D eigenvalue weighted by Crippen LogP contribution is -2.31. The van der Waals surface area contributed by atoms with Gasteiger partial charge in [0.25, 0.3) is 0 Å². The Hall–Kier alpha value is -3.00. The Kier molecular flexibility index (Phi) is 7.13. The zero-order chi connectivity index (χ0) is 20.6. The van der Waals surface area contributed by atoms with E-state index in [9.17, 15) is 4.79 Å². The molecule has 0 aromatic heterocycles. The molecule has 0 radical (unpaired) electrons. The monoisotopic (exact) mass is 413 g/mol. The topological polar surface area (TPSA) is 72.7 Å². The summed E-state index contributed by atoms with van der Waals surface area (Å²) in [6, 6.07) is 13.3. The van der Waals surface area contributed by atoms with Crippen molar-refractivity contribution in [2.75, 3.05) is 33.6 Å². The number of amidine groups is 1. The minimum absolute atomic E-state index is 0.0360. The molecule has 0 N–H and O–H groups in total. The summed E-state index contributed by atoms with van der Waals surface area (Å²) in [4.78, 5) is 13.9. The summed E-state index contributed by atoms with van der Waals surface area (Å²) in [5.74, 6) is 2.55. The van der Waals surface area contributed by atoms with Crippen molar-refractivity contribution in [1.29, 1.82) is 0 Å². The van der Waals surface area contributed by atoms with Crippen LogP contribution in [0.2, 0.25) is 0 Å². The first kappa shape index (κ1) is 20.7. The number of carbonyl (C=O) groups is 1. The molecule has 8 heteroatoms. The maximum Gasteiger partial charge on any atom is 0.239 e. The number of hydrogen-bond acceptors (Lipinski definition) is 7. The largest absolute Gasteiger partial charge is 0.497 e. The molecule has 0 spiro atoms. The molecule has 29 heavy (non-hydrogen) atoms. The van der Waals surface area contributed by atoms with Crippen LogP contribution < -0.4 is 14.2 Å². The van der Waals surface area contributed by atoms with E-state index >= 15 is 0 Å². The number of rotatable bonds is 8. The first-order chi connectivity index (χ1) is 14.1. The molecule has 0 unspecified atom stereocenters. The summed E-state index contributed by atoms with van der Waals surface area (Å²) < 4.78 is 15.7. The molecule has 0 bridgehead atoms. The van der Waals surface area contributed by atoms with Gasteiger partial charge in [0, 0.05) is 6.54 Å². The molecular weight excluding hydrogens is 390 g/mol. The molecule has 1 heterocycles. The molecule has 1 saturated heterocycles. The van der Waals surface area contributed by atoms with Crippen molar-refractivity contribution in [3.05, 3.63) is 53.6 Å². The van der Waals surface area contributed by atoms with Gasteiger partial charge < -0.3 is 14.2 Å². The molecule has 1 aliphatic heterocycles. The van der Waals surface area contributed by atoms with Crippen LogP contribution in [0, 0.1) is 0 Å². The quantitative estimate of drug-likeness (QED) is 0.491. The first-order valence-corrected chi connectivity index (χ1v) is 10.0. The Morgan fingerprint density at radius 3 is 2.48 bits per heavy atom. The third-order valence-corrected chi connectivity index (χ3v) is 5.35. The van der Waals surface area contributed by atoms with Gasteiger partial charge >= 0.3 is 0 Å². The van der Waals surface area contributed by atoms with Crippen LogP contribution in [0.15, 0.2) is 52.7 Å². The van der Waals surface area contributed by atoms with Crippen LogP contribution in [0.25, 0.3) is 0 Å². The van der Waals surface area contributed by atoms with Gasteiger partial charge in [0.05, 0.1) is 33.3 Å². The van der Waals surface area contributed by atoms with Crippen molar-refractivity contribution < 1.29 is 19.0 Å². The predicted octanol–water partition coefficient (Wildman–Crippen LogP) is 3.22. The van der Waals surface area contributed by atoms with Crippen molar-refractivity contribution in [3.8, 4) is 17.2 Å². The molecule has 0 atom stereocenters. The second-order valence-corrected chi connectivity index (χ2v) is 7.12. The Balaban J connectivity index is 1.65. The number of hydrogen-bond donors (Lipinski definition) is 0. The smallest absolute Gasteiger partial charge is 0.239 e. The molecule has 1 fully saturated rings. The van der Waals surface area contributed by atoms with Crippen molar-refractivity contribution in [1.82, 2.24) is 4.90 Å². The summed E-state index contributed by atoms with van der Waals surface area (Å²) in [5, 5.41) is 9.00. The van der Waals surface area contributed by atoms with Crippen LogP contribution >= 0.6 is 11.8 Å². The van der Waals surface area contributed by atoms with Gasteiger partial charge in [-0.05, 0) is 53.9 Å². The number of ether oxygens (including phenoxy) is 3. The SMILES string of the molecule is COc1ccc(/C=N/N=C2/SCC(=O)N2CCc2ccc(OC)c(OC)c2)cc1. The van der Waals surface area contributed by atoms with E-state index in [2.05, 4.69) is 10.2 Å². The molecule has 1 amide bonds. The summed E-state index contributed by atoms with van der Waals surface area (Å²) in [5.41, 5.74) is 1.95. The molecule has 0 saturated carbocycles. The standard InChI is InChI=1S/C21H23N3O4S/c1-26-17-7-4-16(5-8-17)13-22-23-21-24(20(25)14-29-21)11-10-15-6-9-18(27-2)19(12-15)28-3/h4-9,12-13H,10-11,14H2,1-3H3/b22-13+,23-21+. The van der Waals surface area contributed by atoms with E-state index in [1.165, 1.54) is 11.8 Å². The van der Waals surface area contributed by atoms with Crippen molar-refractivity contribution in [3.63, 3.8) is 0 Å². The Labute approximate surface area is 174 Å². The second kappa shape index (κ2) is 9.97. The van der Waals surface area contributed by atoms with Crippen molar-refractivity contribution in [2.45, 2.75) is 6.42 Å². The van der Waals surface area contributed by atoms with Gasteiger partial charge in [-0.25, -0.2) is 0 Å². The normalized spacial score (nSPS) is 15.3. The average molecular weight is 413 g/mol. The highest BCUT2D eigenvalue weighted by molar-refractivity contribution is 8.15. The fourth-order valence-corrected chi connectivity index (χ4v) is 3.67. The van der Waals surface area contributed by atoms with Crippen LogP contribution in [0.3, 0.4) is 0 Å². The highest BCUT2D eigenvalue weighted by atomic mass is 32.2. The molecule has 2 aromatic rings. The van der Waals surface area contributed by atoms with Gasteiger partial charge in [-0.1, -0.05) is 17.8 Å². The van der Waals surface area contributed by atoms with Crippen molar-refractivity contribution in [2.24, 2.45) is 10.2 Å². The molecule has 2 aromatic carbocycles. The van der Waals surface area contributed by atoms with E-state index < -0.39 is 0 Å². The van der Waals surface area contributed by atoms with E-state index in [-0.39, 0.29) is 5.91 Å². The van der Waals surface area contributed by atoms with E-state index in [1.54, 1.807) is 32.4 Å². The first-order valence-electron chi connectivity index (χ1n) is 9.03. The number of nitrogens with zero attached hydrogens (tertiary/aromatic N) is 3. The number of benzene rings is 2. The van der Waals surface area contributed by atoms with Crippen molar-refractivity contribution >= 4 is 29.1 Å². The number of amides is 1. The minimum Gasteiger partial charge on any atom is -0.497 e. The molecule has 0 aliphatic carbocycles. The third-order valence-electron chi connectivity index (χ3n) is 4.39. The fourth-order valence-electron chi connectivity index (χ4n) is 2.80. The van der Waals surface area contributed by atoms with Crippen LogP contribution in [0.1, 0.15) is 11.1 Å². The fraction of sp³-hybridized carbons (Fsp3) is 0.286. The summed E-state index contributed by atoms with van der Waals surface area (Å²) in [7, 11) is 4.83. The summed E-state index contributed by atoms with van der Waals surface area (Å²) in [6.07, 6.45) is 2.33. The zero-order valence-electron chi connectivity index (χ0n) is 16.6. The average Bonchev–Trinajstić information content (AvgIpc) is 3.11. The number of thioether (sulfide) groups is 1. The molecule has 7 nitrogen and oxygen atoms in total. The highest BCUT2D eigenvalue weighted by Gasteiger charge is 2.28. The maximum absolute atomic E-state index is 12.2. The molecule has 3 rings (SSSR count). The van der Waals surface area contributed by atoms with Crippen LogP contribution in [-0.4, -0.2) is 55.8 Å².